The summed E-state index contributed by atoms with van der Waals surface area (Å²) >= 11 is 0. The monoisotopic (exact) mass is 687 g/mol. The Morgan fingerprint density at radius 3 is 0.900 bits per heavy atom. The molecular weight excluding hydrogens is 613 g/mol. The maximum absolute atomic E-state index is 13.8. The summed E-state index contributed by atoms with van der Waals surface area (Å²) in [6, 6.07) is 11.3. The van der Waals surface area contributed by atoms with E-state index in [-0.39, 0.29) is 11.6 Å². The van der Waals surface area contributed by atoms with E-state index in [0.29, 0.717) is 22.3 Å². The van der Waals surface area contributed by atoms with E-state index in [1.54, 1.807) is 12.1 Å². The summed E-state index contributed by atoms with van der Waals surface area (Å²) < 4.78 is 0. The molecule has 50 heavy (non-hydrogen) atoms. The summed E-state index contributed by atoms with van der Waals surface area (Å²) in [5.74, 6) is -0.0856. The molecule has 1 aliphatic rings. The summed E-state index contributed by atoms with van der Waals surface area (Å²) in [5, 5.41) is 7.09. The standard InChI is InChI=1S/C46H74N2O2/c1-3-5-7-9-11-13-15-17-19-21-23-25-27-31-37-47-41-35-36-42(44-43(41)45(49)39-33-29-30-34-40(39)46(44)50)48-38-32-28-26-24-22-20-18-16-14-12-10-8-6-4-2/h29-30,33-36,47-48H,3-28,31-32,37-38H2,1-2H3. The van der Waals surface area contributed by atoms with Gasteiger partial charge in [-0.1, -0.05) is 205 Å². The molecule has 4 heteroatoms. The fourth-order valence-corrected chi connectivity index (χ4v) is 7.60. The van der Waals surface area contributed by atoms with Crippen molar-refractivity contribution in [1.29, 1.82) is 0 Å². The number of fused-ring (bicyclic) bond motifs is 2. The fourth-order valence-electron chi connectivity index (χ4n) is 7.60. The molecule has 0 amide bonds. The van der Waals surface area contributed by atoms with Gasteiger partial charge in [0.15, 0.2) is 11.6 Å². The molecular formula is C46H74N2O2. The van der Waals surface area contributed by atoms with Crippen molar-refractivity contribution in [3.63, 3.8) is 0 Å². The van der Waals surface area contributed by atoms with Crippen LogP contribution in [0.15, 0.2) is 36.4 Å². The van der Waals surface area contributed by atoms with Gasteiger partial charge in [-0.25, -0.2) is 0 Å². The van der Waals surface area contributed by atoms with Gasteiger partial charge in [-0.15, -0.1) is 0 Å². The first kappa shape index (κ1) is 41.8. The number of hydrogen-bond donors (Lipinski definition) is 2. The van der Waals surface area contributed by atoms with Crippen LogP contribution in [0.3, 0.4) is 0 Å². The predicted molar refractivity (Wildman–Crippen MR) is 217 cm³/mol. The minimum absolute atomic E-state index is 0.0428. The Morgan fingerprint density at radius 2 is 0.620 bits per heavy atom. The van der Waals surface area contributed by atoms with E-state index in [2.05, 4.69) is 24.5 Å². The zero-order valence-corrected chi connectivity index (χ0v) is 32.5. The average Bonchev–Trinajstić information content (AvgIpc) is 3.14. The molecule has 0 radical (unpaired) electrons. The summed E-state index contributed by atoms with van der Waals surface area (Å²) in [7, 11) is 0. The van der Waals surface area contributed by atoms with Gasteiger partial charge in [-0.05, 0) is 25.0 Å². The molecule has 0 saturated carbocycles. The van der Waals surface area contributed by atoms with E-state index in [4.69, 9.17) is 0 Å². The third-order valence-electron chi connectivity index (χ3n) is 10.8. The van der Waals surface area contributed by atoms with Crippen LogP contribution < -0.4 is 10.6 Å². The van der Waals surface area contributed by atoms with Crippen LogP contribution in [0.4, 0.5) is 11.4 Å². The van der Waals surface area contributed by atoms with Gasteiger partial charge in [0.25, 0.3) is 0 Å². The Bertz CT molecular complexity index is 1110. The first-order valence-corrected chi connectivity index (χ1v) is 21.5. The lowest BCUT2D eigenvalue weighted by atomic mass is 9.82. The van der Waals surface area contributed by atoms with Gasteiger partial charge in [0.05, 0.1) is 11.1 Å². The van der Waals surface area contributed by atoms with Crippen molar-refractivity contribution < 1.29 is 9.59 Å². The lowest BCUT2D eigenvalue weighted by Gasteiger charge is -2.24. The molecule has 1 aliphatic carbocycles. The zero-order chi connectivity index (χ0) is 35.5. The molecule has 0 atom stereocenters. The van der Waals surface area contributed by atoms with Crippen molar-refractivity contribution in [3.8, 4) is 0 Å². The molecule has 2 aromatic rings. The Balaban J connectivity index is 1.35. The van der Waals surface area contributed by atoms with Crippen LogP contribution >= 0.6 is 0 Å². The van der Waals surface area contributed by atoms with Crippen LogP contribution in [0.25, 0.3) is 0 Å². The second-order valence-corrected chi connectivity index (χ2v) is 15.2. The van der Waals surface area contributed by atoms with Gasteiger partial charge >= 0.3 is 0 Å². The number of rotatable bonds is 32. The van der Waals surface area contributed by atoms with Crippen LogP contribution in [0, 0.1) is 0 Å². The first-order valence-electron chi connectivity index (χ1n) is 21.5. The molecule has 3 rings (SSSR count). The van der Waals surface area contributed by atoms with Crippen LogP contribution in [0.5, 0.6) is 0 Å². The highest BCUT2D eigenvalue weighted by molar-refractivity contribution is 6.31. The third kappa shape index (κ3) is 15.7. The lowest BCUT2D eigenvalue weighted by molar-refractivity contribution is 0.0980. The molecule has 0 aromatic heterocycles. The molecule has 0 aliphatic heterocycles. The van der Waals surface area contributed by atoms with E-state index in [0.717, 1.165) is 37.3 Å². The summed E-state index contributed by atoms with van der Waals surface area (Å²) in [4.78, 5) is 27.6. The largest absolute Gasteiger partial charge is 0.384 e. The second-order valence-electron chi connectivity index (χ2n) is 15.2. The van der Waals surface area contributed by atoms with Gasteiger partial charge in [-0.3, -0.25) is 9.59 Å². The minimum Gasteiger partial charge on any atom is -0.384 e. The molecule has 280 valence electrons. The zero-order valence-electron chi connectivity index (χ0n) is 32.5. The molecule has 0 bridgehead atoms. The summed E-state index contributed by atoms with van der Waals surface area (Å²) in [5.41, 5.74) is 3.73. The average molecular weight is 687 g/mol. The summed E-state index contributed by atoms with van der Waals surface area (Å²) in [6.07, 6.45) is 37.5. The molecule has 2 N–H and O–H groups in total. The van der Waals surface area contributed by atoms with Crippen LogP contribution in [-0.2, 0) is 0 Å². The number of ketones is 2. The Morgan fingerprint density at radius 1 is 0.360 bits per heavy atom. The third-order valence-corrected chi connectivity index (χ3v) is 10.8. The van der Waals surface area contributed by atoms with Crippen molar-refractivity contribution >= 4 is 22.9 Å². The van der Waals surface area contributed by atoms with Gasteiger partial charge in [0, 0.05) is 35.6 Å². The van der Waals surface area contributed by atoms with Crippen LogP contribution in [-0.4, -0.2) is 24.7 Å². The number of unbranched alkanes of at least 4 members (excludes halogenated alkanes) is 26. The molecule has 0 saturated heterocycles. The van der Waals surface area contributed by atoms with Gasteiger partial charge in [-0.2, -0.15) is 0 Å². The van der Waals surface area contributed by atoms with Crippen molar-refractivity contribution in [3.05, 3.63) is 58.7 Å². The van der Waals surface area contributed by atoms with E-state index < -0.39 is 0 Å². The van der Waals surface area contributed by atoms with Crippen LogP contribution in [0.2, 0.25) is 0 Å². The predicted octanol–water partition coefficient (Wildman–Crippen LogP) is 14.2. The maximum atomic E-state index is 13.8. The van der Waals surface area contributed by atoms with Gasteiger partial charge < -0.3 is 10.6 Å². The first-order chi connectivity index (χ1) is 24.7. The van der Waals surface area contributed by atoms with Crippen molar-refractivity contribution in [2.24, 2.45) is 0 Å². The number of carbonyl (C=O) groups excluding carboxylic acids is 2. The second kappa shape index (κ2) is 27.1. The topological polar surface area (TPSA) is 58.2 Å². The minimum atomic E-state index is -0.0428. The van der Waals surface area contributed by atoms with E-state index in [1.807, 2.05) is 24.3 Å². The number of carbonyl (C=O) groups is 2. The Labute approximate surface area is 307 Å². The van der Waals surface area contributed by atoms with E-state index in [9.17, 15) is 9.59 Å². The van der Waals surface area contributed by atoms with Crippen LogP contribution in [0.1, 0.15) is 225 Å². The van der Waals surface area contributed by atoms with E-state index in [1.165, 1.54) is 167 Å². The Kier molecular flexibility index (Phi) is 22.6. The normalized spacial score (nSPS) is 12.3. The number of anilines is 2. The quantitative estimate of drug-likeness (QED) is 0.0642. The number of benzene rings is 2. The van der Waals surface area contributed by atoms with Crippen molar-refractivity contribution in [2.45, 2.75) is 194 Å². The van der Waals surface area contributed by atoms with Gasteiger partial charge in [0.2, 0.25) is 0 Å². The highest BCUT2D eigenvalue weighted by Crippen LogP contribution is 2.36. The molecule has 4 nitrogen and oxygen atoms in total. The van der Waals surface area contributed by atoms with Crippen molar-refractivity contribution in [2.75, 3.05) is 23.7 Å². The fraction of sp³-hybridized carbons (Fsp3) is 0.696. The van der Waals surface area contributed by atoms with E-state index >= 15 is 0 Å². The number of hydrogen-bond acceptors (Lipinski definition) is 4. The van der Waals surface area contributed by atoms with Gasteiger partial charge in [0.1, 0.15) is 0 Å². The SMILES string of the molecule is CCCCCCCCCCCCCCCCNc1ccc(NCCCCCCCCCCCCCCCC)c2c1C(=O)c1ccccc1C2=O. The molecule has 0 heterocycles. The smallest absolute Gasteiger partial charge is 0.196 e. The molecule has 0 unspecified atom stereocenters. The molecule has 0 spiro atoms. The highest BCUT2D eigenvalue weighted by atomic mass is 16.1. The highest BCUT2D eigenvalue weighted by Gasteiger charge is 2.33. The summed E-state index contributed by atoms with van der Waals surface area (Å²) in [6.45, 7) is 6.20. The van der Waals surface area contributed by atoms with Crippen molar-refractivity contribution in [1.82, 2.24) is 0 Å². The molecule has 0 fully saturated rings. The maximum Gasteiger partial charge on any atom is 0.196 e. The lowest BCUT2D eigenvalue weighted by Crippen LogP contribution is -2.24. The number of nitrogens with one attached hydrogen (secondary N) is 2. The Hall–Kier alpha value is -2.62. The molecule has 2 aromatic carbocycles.